The van der Waals surface area contributed by atoms with Gasteiger partial charge in [-0.25, -0.2) is 0 Å². The van der Waals surface area contributed by atoms with Crippen molar-refractivity contribution >= 4 is 11.3 Å². The Balaban J connectivity index is 1.81. The van der Waals surface area contributed by atoms with Gasteiger partial charge in [-0.1, -0.05) is 6.92 Å². The molecule has 1 aromatic rings. The number of nitrogens with one attached hydrogen (secondary N) is 1. The van der Waals surface area contributed by atoms with Crippen molar-refractivity contribution in [1.29, 1.82) is 0 Å². The molecule has 4 heteroatoms. The van der Waals surface area contributed by atoms with Gasteiger partial charge in [0.1, 0.15) is 0 Å². The van der Waals surface area contributed by atoms with Gasteiger partial charge in [0.25, 0.3) is 0 Å². The second-order valence-corrected chi connectivity index (χ2v) is 6.74. The first kappa shape index (κ1) is 13.6. The van der Waals surface area contributed by atoms with Crippen LogP contribution in [0.15, 0.2) is 6.07 Å². The molecule has 0 bridgehead atoms. The summed E-state index contributed by atoms with van der Waals surface area (Å²) in [6.45, 7) is 6.91. The molecule has 1 aromatic heterocycles. The highest BCUT2D eigenvalue weighted by Gasteiger charge is 2.43. The first-order valence-electron chi connectivity index (χ1n) is 7.37. The largest absolute Gasteiger partial charge is 0.343 e. The molecule has 106 valence electrons. The summed E-state index contributed by atoms with van der Waals surface area (Å²) in [5.74, 6) is -0.399. The highest BCUT2D eigenvalue weighted by atomic mass is 32.1. The summed E-state index contributed by atoms with van der Waals surface area (Å²) in [5.41, 5.74) is 1.32. The third kappa shape index (κ3) is 2.59. The Morgan fingerprint density at radius 2 is 2.21 bits per heavy atom. The lowest BCUT2D eigenvalue weighted by molar-refractivity contribution is -0.175. The molecule has 0 saturated carbocycles. The topological polar surface area (TPSA) is 30.5 Å². The molecule has 1 saturated heterocycles. The van der Waals surface area contributed by atoms with Crippen LogP contribution in [0.2, 0.25) is 0 Å². The van der Waals surface area contributed by atoms with Crippen LogP contribution in [-0.2, 0) is 28.1 Å². The first-order chi connectivity index (χ1) is 9.23. The van der Waals surface area contributed by atoms with Gasteiger partial charge in [-0.3, -0.25) is 0 Å². The number of hydrogen-bond acceptors (Lipinski definition) is 4. The van der Waals surface area contributed by atoms with Crippen LogP contribution in [-0.4, -0.2) is 25.8 Å². The molecule has 3 nitrogen and oxygen atoms in total. The van der Waals surface area contributed by atoms with Crippen LogP contribution >= 0.6 is 11.3 Å². The second-order valence-electron chi connectivity index (χ2n) is 5.52. The van der Waals surface area contributed by atoms with Gasteiger partial charge in [-0.2, -0.15) is 0 Å². The van der Waals surface area contributed by atoms with E-state index in [1.165, 1.54) is 28.2 Å². The fraction of sp³-hybridized carbons (Fsp3) is 0.733. The Hall–Kier alpha value is -0.420. The third-order valence-electron chi connectivity index (χ3n) is 3.99. The molecule has 1 aliphatic heterocycles. The van der Waals surface area contributed by atoms with E-state index in [1.807, 2.05) is 11.3 Å². The molecule has 0 aromatic carbocycles. The molecule has 0 amide bonds. The molecule has 1 unspecified atom stereocenters. The van der Waals surface area contributed by atoms with Crippen LogP contribution in [0.5, 0.6) is 0 Å². The molecular formula is C15H23NO2S. The van der Waals surface area contributed by atoms with Crippen molar-refractivity contribution in [2.24, 2.45) is 0 Å². The summed E-state index contributed by atoms with van der Waals surface area (Å²) < 4.78 is 11.9. The highest BCUT2D eigenvalue weighted by molar-refractivity contribution is 7.12. The standard InChI is InChI=1S/C15H23NO2S/c1-3-16-11(2)9-12-10-13-14(19-12)5-4-6-15(13)17-7-8-18-15/h10-11,16H,3-9H2,1-2H3. The SMILES string of the molecule is CCNC(C)Cc1cc2c(s1)CCCC21OCCO1. The monoisotopic (exact) mass is 281 g/mol. The van der Waals surface area contributed by atoms with Gasteiger partial charge in [0.05, 0.1) is 13.2 Å². The molecule has 19 heavy (non-hydrogen) atoms. The predicted octanol–water partition coefficient (Wildman–Crippen LogP) is 2.82. The van der Waals surface area contributed by atoms with E-state index in [-0.39, 0.29) is 0 Å². The Labute approximate surface area is 119 Å². The van der Waals surface area contributed by atoms with Gasteiger partial charge >= 0.3 is 0 Å². The second kappa shape index (κ2) is 5.52. The minimum atomic E-state index is -0.399. The fourth-order valence-electron chi connectivity index (χ4n) is 3.19. The zero-order valence-corrected chi connectivity index (χ0v) is 12.6. The molecule has 3 rings (SSSR count). The Kier molecular flexibility index (Phi) is 3.94. The fourth-order valence-corrected chi connectivity index (χ4v) is 4.58. The summed E-state index contributed by atoms with van der Waals surface area (Å²) in [5, 5.41) is 3.48. The number of likely N-dealkylation sites (N-methyl/N-ethyl adjacent to an activating group) is 1. The van der Waals surface area contributed by atoms with Crippen LogP contribution in [0.25, 0.3) is 0 Å². The van der Waals surface area contributed by atoms with Crippen LogP contribution in [0.3, 0.4) is 0 Å². The highest BCUT2D eigenvalue weighted by Crippen LogP contribution is 2.45. The minimum absolute atomic E-state index is 0.399. The van der Waals surface area contributed by atoms with Crippen LogP contribution in [0, 0.1) is 0 Å². The van der Waals surface area contributed by atoms with Gasteiger partial charge in [-0.05, 0) is 38.8 Å². The molecule has 1 aliphatic carbocycles. The van der Waals surface area contributed by atoms with Crippen molar-refractivity contribution in [3.05, 3.63) is 21.4 Å². The quantitative estimate of drug-likeness (QED) is 0.920. The van der Waals surface area contributed by atoms with Gasteiger partial charge < -0.3 is 14.8 Å². The van der Waals surface area contributed by atoms with E-state index < -0.39 is 5.79 Å². The smallest absolute Gasteiger partial charge is 0.196 e. The molecule has 1 spiro atoms. The van der Waals surface area contributed by atoms with E-state index >= 15 is 0 Å². The average Bonchev–Trinajstić information content (AvgIpc) is 2.98. The van der Waals surface area contributed by atoms with Gasteiger partial charge in [-0.15, -0.1) is 11.3 Å². The van der Waals surface area contributed by atoms with Crippen molar-refractivity contribution in [1.82, 2.24) is 5.32 Å². The summed E-state index contributed by atoms with van der Waals surface area (Å²) in [7, 11) is 0. The number of fused-ring (bicyclic) bond motifs is 2. The average molecular weight is 281 g/mol. The van der Waals surface area contributed by atoms with E-state index in [0.717, 1.165) is 32.6 Å². The lowest BCUT2D eigenvalue weighted by Gasteiger charge is -2.31. The van der Waals surface area contributed by atoms with Crippen molar-refractivity contribution < 1.29 is 9.47 Å². The Morgan fingerprint density at radius 1 is 1.42 bits per heavy atom. The van der Waals surface area contributed by atoms with Crippen LogP contribution in [0.1, 0.15) is 42.0 Å². The number of aryl methyl sites for hydroxylation is 1. The molecule has 1 N–H and O–H groups in total. The number of ether oxygens (including phenoxy) is 2. The van der Waals surface area contributed by atoms with E-state index in [2.05, 4.69) is 25.2 Å². The Morgan fingerprint density at radius 3 is 2.95 bits per heavy atom. The zero-order valence-electron chi connectivity index (χ0n) is 11.8. The van der Waals surface area contributed by atoms with Crippen LogP contribution < -0.4 is 5.32 Å². The maximum Gasteiger partial charge on any atom is 0.196 e. The van der Waals surface area contributed by atoms with Gasteiger partial charge in [0, 0.05) is 27.8 Å². The van der Waals surface area contributed by atoms with E-state index in [4.69, 9.17) is 9.47 Å². The summed E-state index contributed by atoms with van der Waals surface area (Å²) in [4.78, 5) is 2.94. The van der Waals surface area contributed by atoms with E-state index in [9.17, 15) is 0 Å². The lowest BCUT2D eigenvalue weighted by atomic mass is 9.92. The van der Waals surface area contributed by atoms with Crippen LogP contribution in [0.4, 0.5) is 0 Å². The first-order valence-corrected chi connectivity index (χ1v) is 8.18. The molecular weight excluding hydrogens is 258 g/mol. The van der Waals surface area contributed by atoms with Crippen molar-refractivity contribution in [3.8, 4) is 0 Å². The molecule has 1 atom stereocenters. The minimum Gasteiger partial charge on any atom is -0.343 e. The zero-order chi connectivity index (χ0) is 13.3. The van der Waals surface area contributed by atoms with Gasteiger partial charge in [0.15, 0.2) is 5.79 Å². The maximum atomic E-state index is 5.94. The maximum absolute atomic E-state index is 5.94. The van der Waals surface area contributed by atoms with Crippen molar-refractivity contribution in [2.75, 3.05) is 19.8 Å². The molecule has 2 aliphatic rings. The van der Waals surface area contributed by atoms with Crippen molar-refractivity contribution in [2.45, 2.75) is 51.4 Å². The summed E-state index contributed by atoms with van der Waals surface area (Å²) >= 11 is 1.95. The third-order valence-corrected chi connectivity index (χ3v) is 5.21. The molecule has 2 heterocycles. The van der Waals surface area contributed by atoms with E-state index in [0.29, 0.717) is 6.04 Å². The number of hydrogen-bond donors (Lipinski definition) is 1. The number of rotatable bonds is 4. The van der Waals surface area contributed by atoms with Crippen molar-refractivity contribution in [3.63, 3.8) is 0 Å². The Bertz CT molecular complexity index is 437. The summed E-state index contributed by atoms with van der Waals surface area (Å²) in [6, 6.07) is 2.87. The molecule has 1 fully saturated rings. The molecule has 0 radical (unpaired) electrons. The lowest BCUT2D eigenvalue weighted by Crippen LogP contribution is -2.30. The normalized spacial score (nSPS) is 22.6. The predicted molar refractivity (Wildman–Crippen MR) is 77.7 cm³/mol. The summed E-state index contributed by atoms with van der Waals surface area (Å²) in [6.07, 6.45) is 4.47. The number of thiophene rings is 1. The van der Waals surface area contributed by atoms with Gasteiger partial charge in [0.2, 0.25) is 0 Å². The van der Waals surface area contributed by atoms with E-state index in [1.54, 1.807) is 0 Å².